The molecular formula is C15H24O3. The molecule has 1 aromatic rings. The van der Waals surface area contributed by atoms with Crippen molar-refractivity contribution in [3.05, 3.63) is 29.8 Å². The molecule has 0 saturated heterocycles. The minimum Gasteiger partial charge on any atom is -0.491 e. The summed E-state index contributed by atoms with van der Waals surface area (Å²) in [4.78, 5) is 0. The first-order valence-corrected chi connectivity index (χ1v) is 6.47. The van der Waals surface area contributed by atoms with Gasteiger partial charge >= 0.3 is 0 Å². The van der Waals surface area contributed by atoms with Crippen molar-refractivity contribution < 1.29 is 14.6 Å². The fourth-order valence-corrected chi connectivity index (χ4v) is 1.98. The van der Waals surface area contributed by atoms with Gasteiger partial charge in [0, 0.05) is 19.3 Å². The van der Waals surface area contributed by atoms with Gasteiger partial charge in [-0.2, -0.15) is 0 Å². The number of benzene rings is 1. The van der Waals surface area contributed by atoms with Crippen LogP contribution in [-0.4, -0.2) is 24.9 Å². The molecule has 1 rings (SSSR count). The van der Waals surface area contributed by atoms with Crippen LogP contribution >= 0.6 is 0 Å². The van der Waals surface area contributed by atoms with Gasteiger partial charge in [-0.15, -0.1) is 0 Å². The van der Waals surface area contributed by atoms with Gasteiger partial charge in [0.05, 0.1) is 12.2 Å². The van der Waals surface area contributed by atoms with Crippen molar-refractivity contribution in [2.75, 3.05) is 13.7 Å². The fourth-order valence-electron chi connectivity index (χ4n) is 1.98. The molecule has 0 aliphatic heterocycles. The molecule has 0 amide bonds. The Balaban J connectivity index is 2.74. The molecule has 0 aliphatic carbocycles. The van der Waals surface area contributed by atoms with E-state index in [-0.39, 0.29) is 6.10 Å². The lowest BCUT2D eigenvalue weighted by molar-refractivity contribution is 0.0986. The van der Waals surface area contributed by atoms with Crippen LogP contribution in [0.3, 0.4) is 0 Å². The van der Waals surface area contributed by atoms with E-state index in [9.17, 15) is 5.11 Å². The van der Waals surface area contributed by atoms with E-state index in [1.165, 1.54) is 0 Å². The second kappa shape index (κ2) is 7.39. The van der Waals surface area contributed by atoms with Crippen LogP contribution in [0.5, 0.6) is 5.75 Å². The van der Waals surface area contributed by atoms with Crippen LogP contribution < -0.4 is 4.74 Å². The zero-order valence-electron chi connectivity index (χ0n) is 11.7. The standard InChI is InChI=1S/C15H24O3/c1-11(2)18-15-8-6-5-7-13(15)14(16)9-12(3)10-17-4/h5-8,11-12,14,16H,9-10H2,1-4H3. The minimum atomic E-state index is -0.509. The normalized spacial score (nSPS) is 14.6. The maximum Gasteiger partial charge on any atom is 0.125 e. The van der Waals surface area contributed by atoms with Gasteiger partial charge in [0.1, 0.15) is 5.75 Å². The molecule has 1 N–H and O–H groups in total. The topological polar surface area (TPSA) is 38.7 Å². The molecule has 0 bridgehead atoms. The SMILES string of the molecule is COCC(C)CC(O)c1ccccc1OC(C)C. The van der Waals surface area contributed by atoms with E-state index in [0.29, 0.717) is 18.9 Å². The second-order valence-corrected chi connectivity index (χ2v) is 5.02. The average Bonchev–Trinajstić information content (AvgIpc) is 2.28. The maximum absolute atomic E-state index is 10.3. The third-order valence-electron chi connectivity index (χ3n) is 2.72. The molecule has 0 radical (unpaired) electrons. The summed E-state index contributed by atoms with van der Waals surface area (Å²) in [5, 5.41) is 10.3. The molecule has 102 valence electrons. The van der Waals surface area contributed by atoms with Crippen molar-refractivity contribution in [2.45, 2.75) is 39.4 Å². The van der Waals surface area contributed by atoms with E-state index in [4.69, 9.17) is 9.47 Å². The largest absolute Gasteiger partial charge is 0.491 e. The van der Waals surface area contributed by atoms with Gasteiger partial charge < -0.3 is 14.6 Å². The Bertz CT molecular complexity index is 349. The molecule has 2 unspecified atom stereocenters. The summed E-state index contributed by atoms with van der Waals surface area (Å²) in [6.07, 6.45) is 0.270. The van der Waals surface area contributed by atoms with Gasteiger partial charge in [0.25, 0.3) is 0 Å². The summed E-state index contributed by atoms with van der Waals surface area (Å²) < 4.78 is 10.8. The molecule has 0 spiro atoms. The third kappa shape index (κ3) is 4.67. The third-order valence-corrected chi connectivity index (χ3v) is 2.72. The number of hydrogen-bond donors (Lipinski definition) is 1. The van der Waals surface area contributed by atoms with Crippen LogP contribution in [0.2, 0.25) is 0 Å². The van der Waals surface area contributed by atoms with E-state index < -0.39 is 6.10 Å². The summed E-state index contributed by atoms with van der Waals surface area (Å²) in [6, 6.07) is 7.67. The zero-order valence-corrected chi connectivity index (χ0v) is 11.7. The van der Waals surface area contributed by atoms with Crippen LogP contribution in [0.1, 0.15) is 38.9 Å². The lowest BCUT2D eigenvalue weighted by Crippen LogP contribution is -2.12. The second-order valence-electron chi connectivity index (χ2n) is 5.02. The van der Waals surface area contributed by atoms with Crippen LogP contribution in [-0.2, 0) is 4.74 Å². The van der Waals surface area contributed by atoms with Crippen molar-refractivity contribution in [1.29, 1.82) is 0 Å². The van der Waals surface area contributed by atoms with Crippen molar-refractivity contribution in [3.8, 4) is 5.75 Å². The molecule has 0 fully saturated rings. The first kappa shape index (κ1) is 15.0. The van der Waals surface area contributed by atoms with Crippen molar-refractivity contribution in [3.63, 3.8) is 0 Å². The molecule has 3 nitrogen and oxygen atoms in total. The number of hydrogen-bond acceptors (Lipinski definition) is 3. The number of methoxy groups -OCH3 is 1. The highest BCUT2D eigenvalue weighted by atomic mass is 16.5. The molecule has 0 saturated carbocycles. The number of para-hydroxylation sites is 1. The van der Waals surface area contributed by atoms with Gasteiger partial charge in [-0.3, -0.25) is 0 Å². The Morgan fingerprint density at radius 2 is 1.83 bits per heavy atom. The summed E-state index contributed by atoms with van der Waals surface area (Å²) >= 11 is 0. The molecule has 1 aromatic carbocycles. The first-order chi connectivity index (χ1) is 8.54. The van der Waals surface area contributed by atoms with Gasteiger partial charge in [0.15, 0.2) is 0 Å². The molecule has 0 aliphatic rings. The van der Waals surface area contributed by atoms with E-state index in [1.54, 1.807) is 7.11 Å². The van der Waals surface area contributed by atoms with Gasteiger partial charge in [-0.25, -0.2) is 0 Å². The quantitative estimate of drug-likeness (QED) is 0.810. The van der Waals surface area contributed by atoms with Crippen LogP contribution in [0.15, 0.2) is 24.3 Å². The van der Waals surface area contributed by atoms with Gasteiger partial charge in [-0.1, -0.05) is 25.1 Å². The zero-order chi connectivity index (χ0) is 13.5. The number of ether oxygens (including phenoxy) is 2. The minimum absolute atomic E-state index is 0.106. The first-order valence-electron chi connectivity index (χ1n) is 6.47. The Morgan fingerprint density at radius 1 is 1.17 bits per heavy atom. The maximum atomic E-state index is 10.3. The predicted molar refractivity (Wildman–Crippen MR) is 72.8 cm³/mol. The highest BCUT2D eigenvalue weighted by molar-refractivity contribution is 5.35. The molecule has 3 heteroatoms. The Labute approximate surface area is 110 Å². The molecular weight excluding hydrogens is 228 g/mol. The van der Waals surface area contributed by atoms with E-state index in [0.717, 1.165) is 11.3 Å². The van der Waals surface area contributed by atoms with E-state index >= 15 is 0 Å². The highest BCUT2D eigenvalue weighted by Gasteiger charge is 2.16. The Hall–Kier alpha value is -1.06. The fraction of sp³-hybridized carbons (Fsp3) is 0.600. The van der Waals surface area contributed by atoms with Crippen LogP contribution in [0.4, 0.5) is 0 Å². The van der Waals surface area contributed by atoms with Crippen LogP contribution in [0, 0.1) is 5.92 Å². The predicted octanol–water partition coefficient (Wildman–Crippen LogP) is 3.18. The smallest absolute Gasteiger partial charge is 0.125 e. The monoisotopic (exact) mass is 252 g/mol. The Kier molecular flexibility index (Phi) is 6.16. The molecule has 2 atom stereocenters. The average molecular weight is 252 g/mol. The summed E-state index contributed by atoms with van der Waals surface area (Å²) in [7, 11) is 1.68. The number of rotatable bonds is 7. The lowest BCUT2D eigenvalue weighted by atomic mass is 9.98. The Morgan fingerprint density at radius 3 is 2.44 bits per heavy atom. The van der Waals surface area contributed by atoms with Crippen molar-refractivity contribution >= 4 is 0 Å². The van der Waals surface area contributed by atoms with Crippen LogP contribution in [0.25, 0.3) is 0 Å². The van der Waals surface area contributed by atoms with E-state index in [1.807, 2.05) is 38.1 Å². The van der Waals surface area contributed by atoms with E-state index in [2.05, 4.69) is 6.92 Å². The molecule has 0 heterocycles. The molecule has 18 heavy (non-hydrogen) atoms. The van der Waals surface area contributed by atoms with Gasteiger partial charge in [0.2, 0.25) is 0 Å². The summed E-state index contributed by atoms with van der Waals surface area (Å²) in [5.41, 5.74) is 0.856. The van der Waals surface area contributed by atoms with Crippen molar-refractivity contribution in [1.82, 2.24) is 0 Å². The lowest BCUT2D eigenvalue weighted by Gasteiger charge is -2.20. The number of aliphatic hydroxyl groups is 1. The number of aliphatic hydroxyl groups excluding tert-OH is 1. The summed E-state index contributed by atoms with van der Waals surface area (Å²) in [6.45, 7) is 6.69. The summed E-state index contributed by atoms with van der Waals surface area (Å²) in [5.74, 6) is 1.08. The molecule has 0 aromatic heterocycles. The highest BCUT2D eigenvalue weighted by Crippen LogP contribution is 2.30. The van der Waals surface area contributed by atoms with Crippen molar-refractivity contribution in [2.24, 2.45) is 5.92 Å². The van der Waals surface area contributed by atoms with Gasteiger partial charge in [-0.05, 0) is 32.3 Å².